The van der Waals surface area contributed by atoms with Crippen molar-refractivity contribution < 1.29 is 9.53 Å². The molecule has 0 unspecified atom stereocenters. The number of amides is 1. The number of ether oxygens (including phenoxy) is 1. The Labute approximate surface area is 200 Å². The van der Waals surface area contributed by atoms with E-state index in [2.05, 4.69) is 38.6 Å². The van der Waals surface area contributed by atoms with E-state index >= 15 is 0 Å². The van der Waals surface area contributed by atoms with Crippen LogP contribution in [0.15, 0.2) is 12.1 Å². The van der Waals surface area contributed by atoms with Gasteiger partial charge in [-0.25, -0.2) is 0 Å². The van der Waals surface area contributed by atoms with Crippen LogP contribution in [-0.4, -0.2) is 60.0 Å². The molecule has 4 bridgehead atoms. The first-order valence-corrected chi connectivity index (χ1v) is 13.1. The smallest absolute Gasteiger partial charge is 0.320 e. The van der Waals surface area contributed by atoms with E-state index in [4.69, 9.17) is 10.5 Å². The van der Waals surface area contributed by atoms with E-state index in [1.54, 1.807) is 11.9 Å². The summed E-state index contributed by atoms with van der Waals surface area (Å²) < 4.78 is 5.77. The fourth-order valence-corrected chi connectivity index (χ4v) is 5.16. The lowest BCUT2D eigenvalue weighted by molar-refractivity contribution is -0.107. The van der Waals surface area contributed by atoms with Gasteiger partial charge >= 0.3 is 6.01 Å². The second-order valence-electron chi connectivity index (χ2n) is 8.64. The predicted octanol–water partition coefficient (Wildman–Crippen LogP) is 3.09. The Kier molecular flexibility index (Phi) is 7.93. The first kappa shape index (κ1) is 23.6. The van der Waals surface area contributed by atoms with Crippen molar-refractivity contribution in [2.24, 2.45) is 0 Å². The van der Waals surface area contributed by atoms with E-state index in [9.17, 15) is 4.79 Å². The number of nitrogens with one attached hydrogen (secondary N) is 1. The lowest BCUT2D eigenvalue weighted by Gasteiger charge is -2.31. The van der Waals surface area contributed by atoms with Gasteiger partial charge in [-0.2, -0.15) is 21.7 Å². The normalized spacial score (nSPS) is 17.0. The number of nitrogen functional groups attached to an aromatic ring is 1. The first-order valence-electron chi connectivity index (χ1n) is 11.7. The maximum Gasteiger partial charge on any atom is 0.320 e. The Morgan fingerprint density at radius 3 is 2.82 bits per heavy atom. The summed E-state index contributed by atoms with van der Waals surface area (Å²) in [5.41, 5.74) is 12.1. The molecule has 9 heteroatoms. The van der Waals surface area contributed by atoms with Crippen LogP contribution in [0.5, 0.6) is 6.01 Å². The molecule has 0 saturated carbocycles. The minimum atomic E-state index is 0.209. The monoisotopic (exact) mass is 470 g/mol. The molecule has 3 heterocycles. The Balaban J connectivity index is 1.72. The third-order valence-electron chi connectivity index (χ3n) is 6.40. The molecule has 0 atom stereocenters. The van der Waals surface area contributed by atoms with Crippen molar-refractivity contribution in [2.75, 3.05) is 54.7 Å². The number of anilines is 3. The first-order chi connectivity index (χ1) is 16.1. The van der Waals surface area contributed by atoms with Crippen molar-refractivity contribution >= 4 is 35.5 Å². The molecule has 3 N–H and O–H groups in total. The summed E-state index contributed by atoms with van der Waals surface area (Å²) in [7, 11) is 1.75. The van der Waals surface area contributed by atoms with Gasteiger partial charge in [0.05, 0.1) is 13.2 Å². The van der Waals surface area contributed by atoms with Gasteiger partial charge < -0.3 is 15.8 Å². The van der Waals surface area contributed by atoms with Gasteiger partial charge in [0.15, 0.2) is 11.6 Å². The summed E-state index contributed by atoms with van der Waals surface area (Å²) in [6.07, 6.45) is 8.23. The quantitative estimate of drug-likeness (QED) is 0.644. The van der Waals surface area contributed by atoms with E-state index in [1.807, 2.05) is 11.8 Å². The van der Waals surface area contributed by atoms with Crippen LogP contribution >= 0.6 is 11.8 Å². The second-order valence-corrected chi connectivity index (χ2v) is 9.63. The average molecular weight is 471 g/mol. The molecular formula is C24H34N6O2S. The van der Waals surface area contributed by atoms with Gasteiger partial charge in [-0.05, 0) is 60.6 Å². The van der Waals surface area contributed by atoms with Crippen LogP contribution in [0.3, 0.4) is 0 Å². The maximum atomic E-state index is 12.2. The molecule has 1 aromatic carbocycles. The van der Waals surface area contributed by atoms with Crippen molar-refractivity contribution in [3.8, 4) is 6.01 Å². The summed E-state index contributed by atoms with van der Waals surface area (Å²) in [6, 6.07) is 4.77. The molecule has 8 nitrogen and oxygen atoms in total. The van der Waals surface area contributed by atoms with Crippen LogP contribution in [0, 0.1) is 0 Å². The number of carbonyl (C=O) groups is 1. The van der Waals surface area contributed by atoms with Crippen molar-refractivity contribution in [2.45, 2.75) is 45.2 Å². The van der Waals surface area contributed by atoms with Gasteiger partial charge in [-0.15, -0.1) is 0 Å². The number of fused-ring (bicyclic) bond motifs is 6. The lowest BCUT2D eigenvalue weighted by atomic mass is 9.89. The third kappa shape index (κ3) is 5.52. The topological polar surface area (TPSA) is 96.6 Å². The summed E-state index contributed by atoms with van der Waals surface area (Å²) in [6.45, 7) is 4.14. The Hall–Kier alpha value is -2.52. The highest BCUT2D eigenvalue weighted by atomic mass is 32.2. The van der Waals surface area contributed by atoms with Gasteiger partial charge in [0, 0.05) is 32.4 Å². The standard InChI is InChI=1S/C24H34N6O2S/c1-26-21-22(25)27-24-28-23(21)30(16-31)14-17-12-18(6-4-3-5-10-32-24)20-7-8-29(9-11-33-2)15-19(20)13-17/h12-13,16,26H,3-11,14-15H2,1-2H3,(H2,25,27,28). The maximum absolute atomic E-state index is 12.2. The molecule has 1 amide bonds. The molecule has 33 heavy (non-hydrogen) atoms. The second kappa shape index (κ2) is 11.1. The molecule has 2 aliphatic rings. The van der Waals surface area contributed by atoms with Gasteiger partial charge in [-0.1, -0.05) is 12.1 Å². The van der Waals surface area contributed by atoms with E-state index in [0.29, 0.717) is 24.7 Å². The molecule has 2 aliphatic heterocycles. The van der Waals surface area contributed by atoms with E-state index < -0.39 is 0 Å². The van der Waals surface area contributed by atoms with Crippen molar-refractivity contribution in [1.29, 1.82) is 0 Å². The molecule has 0 aliphatic carbocycles. The van der Waals surface area contributed by atoms with Crippen molar-refractivity contribution in [3.63, 3.8) is 0 Å². The van der Waals surface area contributed by atoms with E-state index in [0.717, 1.165) is 69.5 Å². The van der Waals surface area contributed by atoms with Gasteiger partial charge in [0.2, 0.25) is 6.41 Å². The van der Waals surface area contributed by atoms with Crippen LogP contribution in [0.4, 0.5) is 17.3 Å². The molecule has 4 rings (SSSR count). The van der Waals surface area contributed by atoms with Gasteiger partial charge in [-0.3, -0.25) is 14.6 Å². The zero-order valence-electron chi connectivity index (χ0n) is 19.6. The van der Waals surface area contributed by atoms with Gasteiger partial charge in [0.25, 0.3) is 0 Å². The number of thioether (sulfide) groups is 1. The molecule has 2 aromatic rings. The Morgan fingerprint density at radius 2 is 2.03 bits per heavy atom. The van der Waals surface area contributed by atoms with Gasteiger partial charge in [0.1, 0.15) is 5.69 Å². The number of aromatic nitrogens is 2. The molecule has 0 radical (unpaired) electrons. The molecule has 178 valence electrons. The van der Waals surface area contributed by atoms with Crippen molar-refractivity contribution in [1.82, 2.24) is 14.9 Å². The summed E-state index contributed by atoms with van der Waals surface area (Å²) in [4.78, 5) is 25.1. The number of nitrogens with two attached hydrogens (primary N) is 1. The Morgan fingerprint density at radius 1 is 1.18 bits per heavy atom. The van der Waals surface area contributed by atoms with Crippen LogP contribution < -0.4 is 20.7 Å². The summed E-state index contributed by atoms with van der Waals surface area (Å²) in [5.74, 6) is 1.85. The minimum Gasteiger partial charge on any atom is -0.463 e. The fraction of sp³-hybridized carbons (Fsp3) is 0.542. The molecule has 0 saturated heterocycles. The highest BCUT2D eigenvalue weighted by Crippen LogP contribution is 2.32. The molecular weight excluding hydrogens is 436 g/mol. The number of hydrogen-bond acceptors (Lipinski definition) is 8. The number of hydrogen-bond donors (Lipinski definition) is 2. The highest BCUT2D eigenvalue weighted by Gasteiger charge is 2.23. The summed E-state index contributed by atoms with van der Waals surface area (Å²) >= 11 is 1.89. The summed E-state index contributed by atoms with van der Waals surface area (Å²) in [5, 5.41) is 3.04. The SMILES string of the molecule is CNc1c(N)nc2nc1N(C=O)Cc1cc(c3c(c1)CN(CCSC)CC3)CCCCCO2. The number of aryl methyl sites for hydroxylation is 1. The Bertz CT molecular complexity index is 986. The fourth-order valence-electron chi connectivity index (χ4n) is 4.72. The number of nitrogens with zero attached hydrogens (tertiary/aromatic N) is 4. The van der Waals surface area contributed by atoms with Crippen LogP contribution in [0.25, 0.3) is 0 Å². The van der Waals surface area contributed by atoms with E-state index in [1.165, 1.54) is 16.7 Å². The van der Waals surface area contributed by atoms with Crippen LogP contribution in [0.1, 0.15) is 41.5 Å². The number of rotatable bonds is 5. The predicted molar refractivity (Wildman–Crippen MR) is 135 cm³/mol. The van der Waals surface area contributed by atoms with Crippen LogP contribution in [0.2, 0.25) is 0 Å². The third-order valence-corrected chi connectivity index (χ3v) is 6.99. The number of carbonyl (C=O) groups excluding carboxylic acids is 1. The zero-order chi connectivity index (χ0) is 23.2. The average Bonchev–Trinajstić information content (AvgIpc) is 2.82. The minimum absolute atomic E-state index is 0.209. The van der Waals surface area contributed by atoms with E-state index in [-0.39, 0.29) is 11.8 Å². The van der Waals surface area contributed by atoms with Crippen LogP contribution in [-0.2, 0) is 30.7 Å². The highest BCUT2D eigenvalue weighted by molar-refractivity contribution is 7.98. The zero-order valence-corrected chi connectivity index (χ0v) is 20.4. The number of benzene rings is 1. The largest absolute Gasteiger partial charge is 0.463 e. The molecule has 1 aromatic heterocycles. The van der Waals surface area contributed by atoms with Crippen molar-refractivity contribution in [3.05, 3.63) is 34.4 Å². The molecule has 0 fully saturated rings. The lowest BCUT2D eigenvalue weighted by Crippen LogP contribution is -2.33. The molecule has 0 spiro atoms.